The lowest BCUT2D eigenvalue weighted by Gasteiger charge is -2.24. The van der Waals surface area contributed by atoms with E-state index in [9.17, 15) is 4.79 Å². The van der Waals surface area contributed by atoms with E-state index in [0.29, 0.717) is 11.3 Å². The van der Waals surface area contributed by atoms with E-state index < -0.39 is 0 Å². The monoisotopic (exact) mass is 350 g/mol. The van der Waals surface area contributed by atoms with E-state index in [1.165, 1.54) is 10.4 Å². The number of anilines is 1. The predicted molar refractivity (Wildman–Crippen MR) is 86.0 cm³/mol. The molecule has 1 heterocycles. The molecule has 1 aromatic carbocycles. The summed E-state index contributed by atoms with van der Waals surface area (Å²) in [5.41, 5.74) is 8.22. The van der Waals surface area contributed by atoms with E-state index in [4.69, 9.17) is 5.73 Å². The van der Waals surface area contributed by atoms with Crippen molar-refractivity contribution < 1.29 is 4.79 Å². The summed E-state index contributed by atoms with van der Waals surface area (Å²) in [6.45, 7) is 0. The van der Waals surface area contributed by atoms with Gasteiger partial charge in [0.25, 0.3) is 5.91 Å². The third-order valence-electron chi connectivity index (χ3n) is 3.59. The maximum Gasteiger partial charge on any atom is 0.252 e. The van der Waals surface area contributed by atoms with E-state index >= 15 is 0 Å². The molecule has 104 valence electrons. The fraction of sp³-hybridized carbons (Fsp3) is 0.267. The first-order valence-electron chi connectivity index (χ1n) is 6.57. The van der Waals surface area contributed by atoms with Gasteiger partial charge >= 0.3 is 0 Å². The minimum atomic E-state index is -0.0757. The van der Waals surface area contributed by atoms with Crippen LogP contribution in [0.1, 0.15) is 39.7 Å². The summed E-state index contributed by atoms with van der Waals surface area (Å²) in [6.07, 6.45) is 3.24. The fourth-order valence-electron chi connectivity index (χ4n) is 2.59. The third kappa shape index (κ3) is 2.60. The smallest absolute Gasteiger partial charge is 0.252 e. The number of hydrogen-bond acceptors (Lipinski definition) is 3. The third-order valence-corrected chi connectivity index (χ3v) is 5.28. The molecule has 1 aliphatic rings. The van der Waals surface area contributed by atoms with Crippen molar-refractivity contribution in [1.29, 1.82) is 0 Å². The summed E-state index contributed by atoms with van der Waals surface area (Å²) in [7, 11) is 0. The van der Waals surface area contributed by atoms with Crippen LogP contribution in [0.25, 0.3) is 0 Å². The van der Waals surface area contributed by atoms with Crippen molar-refractivity contribution in [2.24, 2.45) is 0 Å². The summed E-state index contributed by atoms with van der Waals surface area (Å²) in [6, 6.07) is 7.53. The van der Waals surface area contributed by atoms with Crippen LogP contribution in [0.3, 0.4) is 0 Å². The number of thiophene rings is 1. The standard InChI is InChI=1S/C15H15BrN2OS/c16-12-5-4-9(17)8-11(12)15(19)18-13-2-1-3-14-10(13)6-7-20-14/h4-8,13H,1-3,17H2,(H,18,19). The van der Waals surface area contributed by atoms with Crippen LogP contribution in [0.15, 0.2) is 34.1 Å². The van der Waals surface area contributed by atoms with Crippen molar-refractivity contribution in [3.8, 4) is 0 Å². The molecule has 2 aromatic rings. The van der Waals surface area contributed by atoms with Gasteiger partial charge in [0.1, 0.15) is 0 Å². The highest BCUT2D eigenvalue weighted by Crippen LogP contribution is 2.33. The Bertz CT molecular complexity index is 653. The number of aryl methyl sites for hydroxylation is 1. The number of rotatable bonds is 2. The minimum Gasteiger partial charge on any atom is -0.399 e. The molecule has 0 aliphatic heterocycles. The van der Waals surface area contributed by atoms with Crippen LogP contribution in [0.4, 0.5) is 5.69 Å². The molecule has 0 spiro atoms. The van der Waals surface area contributed by atoms with Gasteiger partial charge in [-0.25, -0.2) is 0 Å². The highest BCUT2D eigenvalue weighted by molar-refractivity contribution is 9.10. The molecule has 1 aliphatic carbocycles. The largest absolute Gasteiger partial charge is 0.399 e. The normalized spacial score (nSPS) is 17.6. The molecule has 0 fully saturated rings. The number of nitrogen functional groups attached to an aromatic ring is 1. The Morgan fingerprint density at radius 1 is 1.40 bits per heavy atom. The lowest BCUT2D eigenvalue weighted by atomic mass is 9.94. The average Bonchev–Trinajstić information content (AvgIpc) is 2.91. The lowest BCUT2D eigenvalue weighted by molar-refractivity contribution is 0.0932. The van der Waals surface area contributed by atoms with Crippen LogP contribution in [0.2, 0.25) is 0 Å². The number of carbonyl (C=O) groups excluding carboxylic acids is 1. The van der Waals surface area contributed by atoms with Crippen LogP contribution in [-0.2, 0) is 6.42 Å². The van der Waals surface area contributed by atoms with E-state index in [1.807, 2.05) is 0 Å². The Kier molecular flexibility index (Phi) is 3.81. The number of carbonyl (C=O) groups is 1. The van der Waals surface area contributed by atoms with Crippen molar-refractivity contribution in [3.63, 3.8) is 0 Å². The zero-order valence-electron chi connectivity index (χ0n) is 10.9. The second-order valence-electron chi connectivity index (χ2n) is 4.96. The second-order valence-corrected chi connectivity index (χ2v) is 6.81. The maximum atomic E-state index is 12.4. The molecular weight excluding hydrogens is 336 g/mol. The van der Waals surface area contributed by atoms with Crippen molar-refractivity contribution >= 4 is 38.9 Å². The number of hydrogen-bond donors (Lipinski definition) is 2. The van der Waals surface area contributed by atoms with Gasteiger partial charge in [0.05, 0.1) is 11.6 Å². The molecule has 0 radical (unpaired) electrons. The number of nitrogens with two attached hydrogens (primary N) is 1. The van der Waals surface area contributed by atoms with Gasteiger partial charge in [0, 0.05) is 15.0 Å². The number of benzene rings is 1. The van der Waals surface area contributed by atoms with Crippen LogP contribution in [-0.4, -0.2) is 5.91 Å². The first-order valence-corrected chi connectivity index (χ1v) is 8.24. The lowest BCUT2D eigenvalue weighted by Crippen LogP contribution is -2.30. The molecule has 3 nitrogen and oxygen atoms in total. The first-order chi connectivity index (χ1) is 9.65. The molecule has 3 N–H and O–H groups in total. The molecule has 1 amide bonds. The molecule has 1 aromatic heterocycles. The molecule has 1 atom stereocenters. The number of amides is 1. The van der Waals surface area contributed by atoms with Gasteiger partial charge in [-0.15, -0.1) is 11.3 Å². The topological polar surface area (TPSA) is 55.1 Å². The predicted octanol–water partition coefficient (Wildman–Crippen LogP) is 3.90. The highest BCUT2D eigenvalue weighted by atomic mass is 79.9. The summed E-state index contributed by atoms with van der Waals surface area (Å²) in [5, 5.41) is 5.23. The van der Waals surface area contributed by atoms with Gasteiger partial charge in [0.2, 0.25) is 0 Å². The van der Waals surface area contributed by atoms with Crippen molar-refractivity contribution in [2.45, 2.75) is 25.3 Å². The number of nitrogens with one attached hydrogen (secondary N) is 1. The van der Waals surface area contributed by atoms with Crippen molar-refractivity contribution in [2.75, 3.05) is 5.73 Å². The van der Waals surface area contributed by atoms with Crippen LogP contribution in [0.5, 0.6) is 0 Å². The van der Waals surface area contributed by atoms with E-state index in [1.54, 1.807) is 29.5 Å². The Morgan fingerprint density at radius 2 is 2.25 bits per heavy atom. The molecule has 3 rings (SSSR count). The van der Waals surface area contributed by atoms with Gasteiger partial charge in [-0.3, -0.25) is 4.79 Å². The van der Waals surface area contributed by atoms with Gasteiger partial charge in [-0.2, -0.15) is 0 Å². The van der Waals surface area contributed by atoms with E-state index in [-0.39, 0.29) is 11.9 Å². The molecular formula is C15H15BrN2OS. The highest BCUT2D eigenvalue weighted by Gasteiger charge is 2.23. The Labute approximate surface area is 130 Å². The summed E-state index contributed by atoms with van der Waals surface area (Å²) in [5.74, 6) is -0.0757. The molecule has 1 unspecified atom stereocenters. The first kappa shape index (κ1) is 13.6. The Hall–Kier alpha value is -1.33. The van der Waals surface area contributed by atoms with Crippen LogP contribution < -0.4 is 11.1 Å². The molecule has 0 saturated heterocycles. The Morgan fingerprint density at radius 3 is 3.10 bits per heavy atom. The quantitative estimate of drug-likeness (QED) is 0.807. The van der Waals surface area contributed by atoms with Gasteiger partial charge in [-0.1, -0.05) is 0 Å². The van der Waals surface area contributed by atoms with Crippen molar-refractivity contribution in [3.05, 3.63) is 50.1 Å². The molecule has 5 heteroatoms. The van der Waals surface area contributed by atoms with E-state index in [0.717, 1.165) is 23.7 Å². The number of halogens is 1. The Balaban J connectivity index is 1.82. The molecule has 0 saturated carbocycles. The van der Waals surface area contributed by atoms with Crippen molar-refractivity contribution in [1.82, 2.24) is 5.32 Å². The maximum absolute atomic E-state index is 12.4. The zero-order valence-corrected chi connectivity index (χ0v) is 13.3. The minimum absolute atomic E-state index is 0.0757. The SMILES string of the molecule is Nc1ccc(Br)c(C(=O)NC2CCCc3sccc32)c1. The van der Waals surface area contributed by atoms with Gasteiger partial charge < -0.3 is 11.1 Å². The summed E-state index contributed by atoms with van der Waals surface area (Å²) in [4.78, 5) is 13.8. The number of fused-ring (bicyclic) bond motifs is 1. The van der Waals surface area contributed by atoms with Gasteiger partial charge in [-0.05, 0) is 70.4 Å². The average molecular weight is 351 g/mol. The summed E-state index contributed by atoms with van der Waals surface area (Å²) < 4.78 is 0.769. The fourth-order valence-corrected chi connectivity index (χ4v) is 4.00. The van der Waals surface area contributed by atoms with Crippen LogP contribution in [0, 0.1) is 0 Å². The molecule has 0 bridgehead atoms. The zero-order chi connectivity index (χ0) is 14.1. The van der Waals surface area contributed by atoms with Crippen LogP contribution >= 0.6 is 27.3 Å². The summed E-state index contributed by atoms with van der Waals surface area (Å²) >= 11 is 5.18. The van der Waals surface area contributed by atoms with E-state index in [2.05, 4.69) is 32.7 Å². The second kappa shape index (κ2) is 5.58. The molecule has 20 heavy (non-hydrogen) atoms. The van der Waals surface area contributed by atoms with Gasteiger partial charge in [0.15, 0.2) is 0 Å².